The van der Waals surface area contributed by atoms with Gasteiger partial charge in [-0.05, 0) is 18.4 Å². The molecule has 0 aliphatic carbocycles. The van der Waals surface area contributed by atoms with Gasteiger partial charge in [-0.15, -0.1) is 0 Å². The van der Waals surface area contributed by atoms with Crippen LogP contribution in [-0.4, -0.2) is 54.4 Å². The predicted molar refractivity (Wildman–Crippen MR) is 85.4 cm³/mol. The van der Waals surface area contributed by atoms with Crippen LogP contribution < -0.4 is 10.6 Å². The molecule has 0 radical (unpaired) electrons. The van der Waals surface area contributed by atoms with Crippen molar-refractivity contribution in [2.24, 2.45) is 10.5 Å². The van der Waals surface area contributed by atoms with Crippen LogP contribution >= 0.6 is 0 Å². The number of unbranched alkanes of at least 4 members (excludes halogenated alkanes) is 2. The van der Waals surface area contributed by atoms with Crippen LogP contribution in [-0.2, 0) is 9.59 Å². The number of amides is 2. The Balaban J connectivity index is 3.74. The lowest BCUT2D eigenvalue weighted by molar-refractivity contribution is -0.137. The lowest BCUT2D eigenvalue weighted by Gasteiger charge is -2.27. The summed E-state index contributed by atoms with van der Waals surface area (Å²) in [6, 6.07) is 0. The first kappa shape index (κ1) is 21.2. The molecule has 0 fully saturated rings. The van der Waals surface area contributed by atoms with Crippen molar-refractivity contribution in [3.63, 3.8) is 0 Å². The van der Waals surface area contributed by atoms with Crippen molar-refractivity contribution in [3.8, 4) is 0 Å². The summed E-state index contributed by atoms with van der Waals surface area (Å²) in [5, 5.41) is 27.5. The summed E-state index contributed by atoms with van der Waals surface area (Å²) in [7, 11) is 0. The number of carbonyl (C=O) groups is 2. The van der Waals surface area contributed by atoms with Crippen molar-refractivity contribution in [1.82, 2.24) is 10.6 Å². The van der Waals surface area contributed by atoms with E-state index in [1.54, 1.807) is 13.8 Å². The number of azide groups is 1. The molecule has 132 valence electrons. The van der Waals surface area contributed by atoms with E-state index in [1.807, 2.05) is 0 Å². The molecule has 2 amide bonds. The standard InChI is InChI=1S/C14H27N5O4/c1-14(2,10-20)12(22)13(23)17-9-6-11(21)16-7-4-3-5-8-18-19-15/h12,20,22H,3-10H2,1-2H3,(H,16,21)(H,17,23)/t12-/m0/s1. The van der Waals surface area contributed by atoms with Gasteiger partial charge in [0.05, 0.1) is 6.61 Å². The molecular weight excluding hydrogens is 302 g/mol. The highest BCUT2D eigenvalue weighted by molar-refractivity contribution is 5.82. The van der Waals surface area contributed by atoms with Crippen molar-refractivity contribution >= 4 is 11.8 Å². The molecule has 0 saturated heterocycles. The number of hydrogen-bond acceptors (Lipinski definition) is 5. The van der Waals surface area contributed by atoms with E-state index in [0.717, 1.165) is 19.3 Å². The Bertz CT molecular complexity index is 421. The number of aliphatic hydroxyl groups excluding tert-OH is 2. The van der Waals surface area contributed by atoms with Crippen LogP contribution in [0.1, 0.15) is 39.5 Å². The van der Waals surface area contributed by atoms with Crippen molar-refractivity contribution in [2.75, 3.05) is 26.2 Å². The highest BCUT2D eigenvalue weighted by Crippen LogP contribution is 2.19. The van der Waals surface area contributed by atoms with Gasteiger partial charge in [0.2, 0.25) is 11.8 Å². The van der Waals surface area contributed by atoms with Crippen LogP contribution in [0.15, 0.2) is 5.11 Å². The van der Waals surface area contributed by atoms with E-state index in [2.05, 4.69) is 20.7 Å². The molecule has 0 aliphatic rings. The Morgan fingerprint density at radius 1 is 1.22 bits per heavy atom. The van der Waals surface area contributed by atoms with Crippen LogP contribution in [0.3, 0.4) is 0 Å². The molecule has 23 heavy (non-hydrogen) atoms. The van der Waals surface area contributed by atoms with E-state index in [-0.39, 0.29) is 25.5 Å². The van der Waals surface area contributed by atoms with Gasteiger partial charge in [-0.1, -0.05) is 25.4 Å². The maximum atomic E-state index is 11.7. The smallest absolute Gasteiger partial charge is 0.249 e. The maximum absolute atomic E-state index is 11.7. The molecule has 0 aliphatic heterocycles. The van der Waals surface area contributed by atoms with Crippen LogP contribution in [0.25, 0.3) is 10.4 Å². The second-order valence-electron chi connectivity index (χ2n) is 5.96. The lowest BCUT2D eigenvalue weighted by atomic mass is 9.87. The molecule has 0 unspecified atom stereocenters. The summed E-state index contributed by atoms with van der Waals surface area (Å²) in [5.41, 5.74) is 7.17. The second-order valence-corrected chi connectivity index (χ2v) is 5.96. The zero-order valence-electron chi connectivity index (χ0n) is 13.8. The molecule has 0 saturated carbocycles. The van der Waals surface area contributed by atoms with Gasteiger partial charge in [0.25, 0.3) is 0 Å². The molecule has 0 rings (SSSR count). The van der Waals surface area contributed by atoms with Crippen molar-refractivity contribution in [1.29, 1.82) is 0 Å². The van der Waals surface area contributed by atoms with E-state index >= 15 is 0 Å². The topological polar surface area (TPSA) is 147 Å². The van der Waals surface area contributed by atoms with Crippen molar-refractivity contribution in [2.45, 2.75) is 45.6 Å². The molecule has 0 heterocycles. The molecule has 0 aromatic rings. The van der Waals surface area contributed by atoms with Crippen LogP contribution in [0, 0.1) is 5.41 Å². The van der Waals surface area contributed by atoms with Gasteiger partial charge in [0.1, 0.15) is 6.10 Å². The average molecular weight is 329 g/mol. The number of hydrogen-bond donors (Lipinski definition) is 4. The number of nitrogens with zero attached hydrogens (tertiary/aromatic N) is 3. The Morgan fingerprint density at radius 3 is 2.52 bits per heavy atom. The van der Waals surface area contributed by atoms with E-state index in [9.17, 15) is 14.7 Å². The minimum Gasteiger partial charge on any atom is -0.396 e. The normalized spacial score (nSPS) is 12.2. The van der Waals surface area contributed by atoms with E-state index in [0.29, 0.717) is 13.1 Å². The third-order valence-corrected chi connectivity index (χ3v) is 3.37. The quantitative estimate of drug-likeness (QED) is 0.178. The molecule has 4 N–H and O–H groups in total. The van der Waals surface area contributed by atoms with Gasteiger partial charge < -0.3 is 20.8 Å². The molecule has 0 aromatic carbocycles. The number of aliphatic hydroxyl groups is 2. The molecule has 1 atom stereocenters. The summed E-state index contributed by atoms with van der Waals surface area (Å²) >= 11 is 0. The zero-order chi connectivity index (χ0) is 17.7. The molecule has 0 spiro atoms. The largest absolute Gasteiger partial charge is 0.396 e. The van der Waals surface area contributed by atoms with Crippen LogP contribution in [0.2, 0.25) is 0 Å². The molecule has 9 nitrogen and oxygen atoms in total. The first-order valence-corrected chi connectivity index (χ1v) is 7.69. The Morgan fingerprint density at radius 2 is 1.91 bits per heavy atom. The Labute approximate surface area is 136 Å². The fraction of sp³-hybridized carbons (Fsp3) is 0.857. The maximum Gasteiger partial charge on any atom is 0.249 e. The first-order valence-electron chi connectivity index (χ1n) is 7.69. The summed E-state index contributed by atoms with van der Waals surface area (Å²) in [6.45, 7) is 3.95. The first-order chi connectivity index (χ1) is 10.8. The van der Waals surface area contributed by atoms with E-state index < -0.39 is 17.4 Å². The predicted octanol–water partition coefficient (Wildman–Crippen LogP) is 0.469. The fourth-order valence-electron chi connectivity index (χ4n) is 1.68. The fourth-order valence-corrected chi connectivity index (χ4v) is 1.68. The van der Waals surface area contributed by atoms with Crippen molar-refractivity contribution in [3.05, 3.63) is 10.4 Å². The number of carbonyl (C=O) groups excluding carboxylic acids is 2. The van der Waals surface area contributed by atoms with E-state index in [4.69, 9.17) is 10.6 Å². The minimum absolute atomic E-state index is 0.122. The summed E-state index contributed by atoms with van der Waals surface area (Å²) in [6.07, 6.45) is 1.23. The zero-order valence-corrected chi connectivity index (χ0v) is 13.8. The lowest BCUT2D eigenvalue weighted by Crippen LogP contribution is -2.46. The third-order valence-electron chi connectivity index (χ3n) is 3.37. The van der Waals surface area contributed by atoms with Crippen LogP contribution in [0.4, 0.5) is 0 Å². The summed E-state index contributed by atoms with van der Waals surface area (Å²) < 4.78 is 0. The summed E-state index contributed by atoms with van der Waals surface area (Å²) in [5.74, 6) is -0.786. The molecular formula is C14H27N5O4. The monoisotopic (exact) mass is 329 g/mol. The number of rotatable bonds is 12. The Kier molecular flexibility index (Phi) is 10.8. The van der Waals surface area contributed by atoms with Gasteiger partial charge in [0.15, 0.2) is 0 Å². The van der Waals surface area contributed by atoms with Gasteiger partial charge in [0, 0.05) is 36.4 Å². The van der Waals surface area contributed by atoms with Gasteiger partial charge in [-0.2, -0.15) is 0 Å². The number of nitrogens with one attached hydrogen (secondary N) is 2. The molecule has 0 bridgehead atoms. The van der Waals surface area contributed by atoms with E-state index in [1.165, 1.54) is 0 Å². The van der Waals surface area contributed by atoms with Gasteiger partial charge in [-0.25, -0.2) is 0 Å². The second kappa shape index (κ2) is 11.7. The Hall–Kier alpha value is -1.83. The highest BCUT2D eigenvalue weighted by atomic mass is 16.3. The van der Waals surface area contributed by atoms with Gasteiger partial charge in [-0.3, -0.25) is 9.59 Å². The third kappa shape index (κ3) is 9.72. The minimum atomic E-state index is -1.33. The molecule has 0 aromatic heterocycles. The molecule has 9 heteroatoms. The summed E-state index contributed by atoms with van der Waals surface area (Å²) in [4.78, 5) is 25.9. The average Bonchev–Trinajstić information content (AvgIpc) is 2.53. The van der Waals surface area contributed by atoms with Crippen molar-refractivity contribution < 1.29 is 19.8 Å². The highest BCUT2D eigenvalue weighted by Gasteiger charge is 2.32. The van der Waals surface area contributed by atoms with Gasteiger partial charge >= 0.3 is 0 Å². The SMILES string of the molecule is CC(C)(CO)[C@@H](O)C(=O)NCCC(=O)NCCCCCN=[N+]=[N-]. The van der Waals surface area contributed by atoms with Crippen LogP contribution in [0.5, 0.6) is 0 Å².